The van der Waals surface area contributed by atoms with Crippen LogP contribution in [0.2, 0.25) is 5.02 Å². The van der Waals surface area contributed by atoms with Crippen molar-refractivity contribution < 1.29 is 18.3 Å². The maximum Gasteiger partial charge on any atom is 0.318 e. The SMILES string of the molecule is CN1CCCC1.COc1nc(NC2CN(C(=O)CN)C2)c2cc(Cl)c(-c3ccc(F)c4sc(N)nc34)c(F)c2n1. The van der Waals surface area contributed by atoms with Crippen LogP contribution in [0.25, 0.3) is 32.2 Å². The van der Waals surface area contributed by atoms with Crippen LogP contribution in [0.4, 0.5) is 19.7 Å². The van der Waals surface area contributed by atoms with Crippen molar-refractivity contribution >= 4 is 60.9 Å². The maximum atomic E-state index is 15.9. The molecule has 10 nitrogen and oxygen atoms in total. The minimum Gasteiger partial charge on any atom is -0.467 e. The van der Waals surface area contributed by atoms with Crippen molar-refractivity contribution in [2.45, 2.75) is 18.9 Å². The minimum absolute atomic E-state index is 0.0135. The van der Waals surface area contributed by atoms with Gasteiger partial charge in [0.2, 0.25) is 5.91 Å². The molecule has 6 rings (SSSR count). The summed E-state index contributed by atoms with van der Waals surface area (Å²) >= 11 is 7.50. The smallest absolute Gasteiger partial charge is 0.318 e. The first-order valence-corrected chi connectivity index (χ1v) is 13.9. The number of amides is 1. The van der Waals surface area contributed by atoms with Gasteiger partial charge in [0.05, 0.1) is 34.9 Å². The zero-order valence-electron chi connectivity index (χ0n) is 22.0. The molecule has 2 aromatic carbocycles. The van der Waals surface area contributed by atoms with Crippen molar-refractivity contribution in [3.05, 3.63) is 34.9 Å². The standard InChI is InChI=1S/C21H18ClF2N7O2S.C5H11N/c1-33-21-29-16-10(19(30-21)27-8-6-31(7-8)13(32)5-25)4-11(22)14(15(16)24)9-2-3-12(23)18-17(9)28-20(26)34-18;1-6-4-2-3-5-6/h2-4,8H,5-7,25H2,1H3,(H2,26,28)(H,27,29,30);2-5H2,1H3. The van der Waals surface area contributed by atoms with Crippen LogP contribution >= 0.6 is 22.9 Å². The molecule has 2 aromatic heterocycles. The Morgan fingerprint density at radius 1 is 1.20 bits per heavy atom. The van der Waals surface area contributed by atoms with Gasteiger partial charge in [-0.25, -0.2) is 13.8 Å². The van der Waals surface area contributed by atoms with Gasteiger partial charge in [-0.15, -0.1) is 0 Å². The highest BCUT2D eigenvalue weighted by Crippen LogP contribution is 2.42. The number of nitrogens with one attached hydrogen (secondary N) is 1. The van der Waals surface area contributed by atoms with Gasteiger partial charge in [-0.2, -0.15) is 9.97 Å². The highest BCUT2D eigenvalue weighted by atomic mass is 35.5. The lowest BCUT2D eigenvalue weighted by Gasteiger charge is -2.39. The van der Waals surface area contributed by atoms with E-state index in [9.17, 15) is 9.18 Å². The normalized spacial score (nSPS) is 15.7. The van der Waals surface area contributed by atoms with Crippen molar-refractivity contribution in [3.63, 3.8) is 0 Å². The summed E-state index contributed by atoms with van der Waals surface area (Å²) in [5.74, 6) is -1.10. The average molecular weight is 591 g/mol. The van der Waals surface area contributed by atoms with Gasteiger partial charge in [0.15, 0.2) is 10.9 Å². The van der Waals surface area contributed by atoms with Gasteiger partial charge in [0.1, 0.15) is 17.2 Å². The van der Waals surface area contributed by atoms with Crippen LogP contribution in [-0.2, 0) is 4.79 Å². The van der Waals surface area contributed by atoms with Crippen molar-refractivity contribution in [1.82, 2.24) is 24.8 Å². The number of aromatic nitrogens is 3. The van der Waals surface area contributed by atoms with E-state index in [0.717, 1.165) is 11.3 Å². The molecule has 2 saturated heterocycles. The summed E-state index contributed by atoms with van der Waals surface area (Å²) in [5.41, 5.74) is 11.6. The number of benzene rings is 2. The lowest BCUT2D eigenvalue weighted by Crippen LogP contribution is -2.58. The van der Waals surface area contributed by atoms with E-state index in [1.54, 1.807) is 4.90 Å². The van der Waals surface area contributed by atoms with E-state index in [2.05, 4.69) is 32.2 Å². The number of carbonyl (C=O) groups is 1. The van der Waals surface area contributed by atoms with Gasteiger partial charge >= 0.3 is 6.01 Å². The molecule has 2 fully saturated rings. The molecular weight excluding hydrogens is 562 g/mol. The molecule has 2 aliphatic heterocycles. The molecule has 5 N–H and O–H groups in total. The number of carbonyl (C=O) groups excluding carboxylic acids is 1. The number of methoxy groups -OCH3 is 1. The van der Waals surface area contributed by atoms with Crippen LogP contribution in [0.3, 0.4) is 0 Å². The predicted molar refractivity (Wildman–Crippen MR) is 154 cm³/mol. The summed E-state index contributed by atoms with van der Waals surface area (Å²) in [4.78, 5) is 28.3. The van der Waals surface area contributed by atoms with Gasteiger partial charge in [0, 0.05) is 29.6 Å². The molecule has 0 aliphatic carbocycles. The Bertz CT molecular complexity index is 1570. The third-order valence-corrected chi connectivity index (χ3v) is 8.10. The third-order valence-electron chi connectivity index (χ3n) is 6.91. The number of nitrogen functional groups attached to an aromatic ring is 1. The van der Waals surface area contributed by atoms with Crippen molar-refractivity contribution in [2.24, 2.45) is 5.73 Å². The molecule has 14 heteroatoms. The predicted octanol–water partition coefficient (Wildman–Crippen LogP) is 3.72. The van der Waals surface area contributed by atoms with Crippen LogP contribution in [0.5, 0.6) is 6.01 Å². The molecule has 2 aliphatic rings. The van der Waals surface area contributed by atoms with E-state index in [4.69, 9.17) is 27.8 Å². The van der Waals surface area contributed by atoms with Crippen molar-refractivity contribution in [2.75, 3.05) is 57.9 Å². The number of rotatable bonds is 5. The number of fused-ring (bicyclic) bond motifs is 2. The van der Waals surface area contributed by atoms with Crippen LogP contribution in [-0.4, -0.2) is 83.6 Å². The quantitative estimate of drug-likeness (QED) is 0.318. The first-order chi connectivity index (χ1) is 19.2. The highest BCUT2D eigenvalue weighted by molar-refractivity contribution is 7.22. The molecule has 212 valence electrons. The lowest BCUT2D eigenvalue weighted by atomic mass is 10.0. The van der Waals surface area contributed by atoms with Gasteiger partial charge < -0.3 is 31.3 Å². The second-order valence-corrected chi connectivity index (χ2v) is 11.1. The van der Waals surface area contributed by atoms with E-state index in [1.165, 1.54) is 51.2 Å². The maximum absolute atomic E-state index is 15.9. The Labute approximate surface area is 238 Å². The Balaban J connectivity index is 0.000000477. The Morgan fingerprint density at radius 2 is 1.93 bits per heavy atom. The van der Waals surface area contributed by atoms with Crippen LogP contribution < -0.4 is 21.5 Å². The van der Waals surface area contributed by atoms with Crippen LogP contribution in [0, 0.1) is 11.6 Å². The fourth-order valence-electron chi connectivity index (χ4n) is 4.79. The molecule has 1 amide bonds. The monoisotopic (exact) mass is 590 g/mol. The topological polar surface area (TPSA) is 136 Å². The fraction of sp³-hybridized carbons (Fsp3) is 0.385. The largest absolute Gasteiger partial charge is 0.467 e. The van der Waals surface area contributed by atoms with Crippen LogP contribution in [0.1, 0.15) is 12.8 Å². The van der Waals surface area contributed by atoms with Crippen molar-refractivity contribution in [1.29, 1.82) is 0 Å². The molecule has 0 atom stereocenters. The average Bonchev–Trinajstić information content (AvgIpc) is 3.56. The van der Waals surface area contributed by atoms with Gasteiger partial charge in [-0.05, 0) is 51.2 Å². The van der Waals surface area contributed by atoms with Gasteiger partial charge in [-0.1, -0.05) is 22.9 Å². The Hall–Kier alpha value is -3.39. The number of halogens is 3. The second-order valence-electron chi connectivity index (χ2n) is 9.68. The highest BCUT2D eigenvalue weighted by Gasteiger charge is 2.31. The first-order valence-electron chi connectivity index (χ1n) is 12.7. The number of hydrogen-bond donors (Lipinski definition) is 3. The second kappa shape index (κ2) is 11.6. The fourth-order valence-corrected chi connectivity index (χ4v) is 5.85. The zero-order valence-corrected chi connectivity index (χ0v) is 23.6. The Kier molecular flexibility index (Phi) is 8.17. The Morgan fingerprint density at radius 3 is 2.55 bits per heavy atom. The first kappa shape index (κ1) is 28.1. The van der Waals surface area contributed by atoms with Gasteiger partial charge in [-0.3, -0.25) is 4.79 Å². The summed E-state index contributed by atoms with van der Waals surface area (Å²) < 4.78 is 35.6. The summed E-state index contributed by atoms with van der Waals surface area (Å²) in [5, 5.41) is 3.73. The minimum atomic E-state index is -0.737. The number of anilines is 2. The number of nitrogens with zero attached hydrogens (tertiary/aromatic N) is 5. The lowest BCUT2D eigenvalue weighted by molar-refractivity contribution is -0.133. The molecule has 0 spiro atoms. The summed E-state index contributed by atoms with van der Waals surface area (Å²) in [6.45, 7) is 3.43. The number of nitrogens with two attached hydrogens (primary N) is 2. The third kappa shape index (κ3) is 5.46. The van der Waals surface area contributed by atoms with Crippen molar-refractivity contribution in [3.8, 4) is 17.1 Å². The summed E-state index contributed by atoms with van der Waals surface area (Å²) in [7, 11) is 3.54. The number of ether oxygens (including phenoxy) is 1. The van der Waals surface area contributed by atoms with Crippen LogP contribution in [0.15, 0.2) is 18.2 Å². The number of thiazole rings is 1. The van der Waals surface area contributed by atoms with E-state index in [0.29, 0.717) is 24.3 Å². The number of hydrogen-bond acceptors (Lipinski definition) is 10. The van der Waals surface area contributed by atoms with E-state index in [1.807, 2.05) is 0 Å². The molecular formula is C26H29ClF2N8O2S. The molecule has 40 heavy (non-hydrogen) atoms. The molecule has 0 unspecified atom stereocenters. The molecule has 0 bridgehead atoms. The molecule has 0 saturated carbocycles. The van der Waals surface area contributed by atoms with E-state index in [-0.39, 0.29) is 61.5 Å². The summed E-state index contributed by atoms with van der Waals surface area (Å²) in [6.07, 6.45) is 2.83. The van der Waals surface area contributed by atoms with Gasteiger partial charge in [0.25, 0.3) is 0 Å². The van der Waals surface area contributed by atoms with E-state index < -0.39 is 11.6 Å². The zero-order chi connectivity index (χ0) is 28.6. The van der Waals surface area contributed by atoms with E-state index >= 15 is 4.39 Å². The number of likely N-dealkylation sites (tertiary alicyclic amines) is 2. The molecule has 0 radical (unpaired) electrons. The molecule has 4 heterocycles. The summed E-state index contributed by atoms with van der Waals surface area (Å²) in [6, 6.07) is 3.98. The molecule has 4 aromatic rings.